The lowest BCUT2D eigenvalue weighted by Crippen LogP contribution is -2.08. The highest BCUT2D eigenvalue weighted by atomic mass is 16.4. The predicted molar refractivity (Wildman–Crippen MR) is 63.9 cm³/mol. The number of aromatic nitrogens is 2. The fourth-order valence-corrected chi connectivity index (χ4v) is 2.07. The van der Waals surface area contributed by atoms with Crippen molar-refractivity contribution >= 4 is 5.97 Å². The van der Waals surface area contributed by atoms with E-state index in [9.17, 15) is 4.79 Å². The summed E-state index contributed by atoms with van der Waals surface area (Å²) in [5, 5.41) is 8.70. The van der Waals surface area contributed by atoms with Crippen molar-refractivity contribution in [2.75, 3.05) is 0 Å². The summed E-state index contributed by atoms with van der Waals surface area (Å²) in [5.41, 5.74) is 2.87. The quantitative estimate of drug-likeness (QED) is 0.847. The Labute approximate surface area is 101 Å². The molecule has 0 bridgehead atoms. The fourth-order valence-electron chi connectivity index (χ4n) is 2.07. The molecule has 1 saturated carbocycles. The Balaban J connectivity index is 2.12. The zero-order valence-electron chi connectivity index (χ0n) is 10.4. The van der Waals surface area contributed by atoms with Gasteiger partial charge in [-0.15, -0.1) is 0 Å². The zero-order valence-corrected chi connectivity index (χ0v) is 10.4. The Kier molecular flexibility index (Phi) is 3.41. The molecule has 17 heavy (non-hydrogen) atoms. The molecule has 0 spiro atoms. The standard InChI is InChI=1S/C13H18N2O2/c1-8-11(5-6-13(16)17)9(2)15-12(14-8)7-10-3-4-10/h10H,3-7H2,1-2H3,(H,16,17). The van der Waals surface area contributed by atoms with Gasteiger partial charge in [-0.25, -0.2) is 9.97 Å². The van der Waals surface area contributed by atoms with Gasteiger partial charge in [-0.2, -0.15) is 0 Å². The SMILES string of the molecule is Cc1nc(CC2CC2)nc(C)c1CCC(=O)O. The fraction of sp³-hybridized carbons (Fsp3) is 0.615. The molecule has 1 aromatic heterocycles. The molecule has 0 aromatic carbocycles. The Morgan fingerprint density at radius 3 is 2.35 bits per heavy atom. The van der Waals surface area contributed by atoms with Crippen LogP contribution < -0.4 is 0 Å². The molecule has 1 N–H and O–H groups in total. The Morgan fingerprint density at radius 1 is 1.29 bits per heavy atom. The van der Waals surface area contributed by atoms with Crippen LogP contribution in [0, 0.1) is 19.8 Å². The van der Waals surface area contributed by atoms with Gasteiger partial charge in [0.05, 0.1) is 0 Å². The first kappa shape index (κ1) is 12.0. The number of hydrogen-bond acceptors (Lipinski definition) is 3. The average molecular weight is 234 g/mol. The van der Waals surface area contributed by atoms with E-state index >= 15 is 0 Å². The summed E-state index contributed by atoms with van der Waals surface area (Å²) in [6, 6.07) is 0. The van der Waals surface area contributed by atoms with E-state index in [1.165, 1.54) is 12.8 Å². The molecule has 0 saturated heterocycles. The molecule has 2 rings (SSSR count). The first-order valence-electron chi connectivity index (χ1n) is 6.11. The van der Waals surface area contributed by atoms with Gasteiger partial charge < -0.3 is 5.11 Å². The van der Waals surface area contributed by atoms with Crippen LogP contribution in [0.15, 0.2) is 0 Å². The smallest absolute Gasteiger partial charge is 0.303 e. The van der Waals surface area contributed by atoms with Crippen LogP contribution in [-0.2, 0) is 17.6 Å². The minimum absolute atomic E-state index is 0.146. The molecule has 4 heteroatoms. The number of hydrogen-bond donors (Lipinski definition) is 1. The van der Waals surface area contributed by atoms with Gasteiger partial charge >= 0.3 is 5.97 Å². The Morgan fingerprint density at radius 2 is 1.88 bits per heavy atom. The number of carbonyl (C=O) groups is 1. The molecule has 92 valence electrons. The highest BCUT2D eigenvalue weighted by Gasteiger charge is 2.23. The van der Waals surface area contributed by atoms with E-state index in [1.807, 2.05) is 13.8 Å². The van der Waals surface area contributed by atoms with Crippen LogP contribution in [-0.4, -0.2) is 21.0 Å². The number of carboxylic acids is 1. The van der Waals surface area contributed by atoms with Crippen LogP contribution in [0.4, 0.5) is 0 Å². The molecule has 0 unspecified atom stereocenters. The van der Waals surface area contributed by atoms with Gasteiger partial charge in [-0.3, -0.25) is 4.79 Å². The summed E-state index contributed by atoms with van der Waals surface area (Å²) < 4.78 is 0. The zero-order chi connectivity index (χ0) is 12.4. The van der Waals surface area contributed by atoms with Crippen LogP contribution in [0.2, 0.25) is 0 Å². The Bertz CT molecular complexity index is 416. The maximum absolute atomic E-state index is 10.6. The van der Waals surface area contributed by atoms with E-state index in [1.54, 1.807) is 0 Å². The number of carboxylic acid groups (broad SMARTS) is 1. The molecule has 0 amide bonds. The third-order valence-electron chi connectivity index (χ3n) is 3.22. The normalized spacial score (nSPS) is 14.9. The number of rotatable bonds is 5. The summed E-state index contributed by atoms with van der Waals surface area (Å²) in [6.07, 6.45) is 4.23. The van der Waals surface area contributed by atoms with Gasteiger partial charge in [0.25, 0.3) is 0 Å². The van der Waals surface area contributed by atoms with E-state index in [0.717, 1.165) is 35.1 Å². The van der Waals surface area contributed by atoms with Gasteiger partial charge in [0.2, 0.25) is 0 Å². The summed E-state index contributed by atoms with van der Waals surface area (Å²) in [6.45, 7) is 3.89. The molecule has 4 nitrogen and oxygen atoms in total. The lowest BCUT2D eigenvalue weighted by Gasteiger charge is -2.09. The summed E-state index contributed by atoms with van der Waals surface area (Å²) >= 11 is 0. The predicted octanol–water partition coefficient (Wildman–Crippen LogP) is 2.06. The van der Waals surface area contributed by atoms with Crippen molar-refractivity contribution < 1.29 is 9.90 Å². The molecule has 0 radical (unpaired) electrons. The van der Waals surface area contributed by atoms with Crippen molar-refractivity contribution in [2.24, 2.45) is 5.92 Å². The summed E-state index contributed by atoms with van der Waals surface area (Å²) in [4.78, 5) is 19.6. The molecule has 1 fully saturated rings. The summed E-state index contributed by atoms with van der Waals surface area (Å²) in [5.74, 6) is 0.922. The number of aliphatic carboxylic acids is 1. The number of nitrogens with zero attached hydrogens (tertiary/aromatic N) is 2. The van der Waals surface area contributed by atoms with Crippen molar-refractivity contribution in [1.29, 1.82) is 0 Å². The van der Waals surface area contributed by atoms with Crippen molar-refractivity contribution in [1.82, 2.24) is 9.97 Å². The number of aryl methyl sites for hydroxylation is 2. The maximum atomic E-state index is 10.6. The van der Waals surface area contributed by atoms with E-state index in [0.29, 0.717) is 6.42 Å². The highest BCUT2D eigenvalue weighted by Crippen LogP contribution is 2.31. The molecule has 1 aliphatic carbocycles. The molecule has 0 aliphatic heterocycles. The van der Waals surface area contributed by atoms with Crippen molar-refractivity contribution in [3.05, 3.63) is 22.8 Å². The molecule has 0 atom stereocenters. The second-order valence-electron chi connectivity index (χ2n) is 4.83. The van der Waals surface area contributed by atoms with Crippen molar-refractivity contribution in [3.8, 4) is 0 Å². The lowest BCUT2D eigenvalue weighted by atomic mass is 10.1. The highest BCUT2D eigenvalue weighted by molar-refractivity contribution is 5.67. The monoisotopic (exact) mass is 234 g/mol. The minimum Gasteiger partial charge on any atom is -0.481 e. The topological polar surface area (TPSA) is 63.1 Å². The van der Waals surface area contributed by atoms with Gasteiger partial charge in [-0.1, -0.05) is 0 Å². The van der Waals surface area contributed by atoms with Gasteiger partial charge in [0, 0.05) is 24.2 Å². The second kappa shape index (κ2) is 4.82. The lowest BCUT2D eigenvalue weighted by molar-refractivity contribution is -0.136. The first-order chi connectivity index (χ1) is 8.06. The molecular weight excluding hydrogens is 216 g/mol. The summed E-state index contributed by atoms with van der Waals surface area (Å²) in [7, 11) is 0. The third-order valence-corrected chi connectivity index (χ3v) is 3.22. The molecule has 1 aliphatic rings. The molecule has 1 heterocycles. The van der Waals surface area contributed by atoms with Crippen LogP contribution in [0.1, 0.15) is 42.0 Å². The second-order valence-corrected chi connectivity index (χ2v) is 4.83. The van der Waals surface area contributed by atoms with E-state index in [4.69, 9.17) is 5.11 Å². The minimum atomic E-state index is -0.772. The van der Waals surface area contributed by atoms with Crippen LogP contribution in [0.25, 0.3) is 0 Å². The van der Waals surface area contributed by atoms with Gasteiger partial charge in [-0.05, 0) is 44.6 Å². The van der Waals surface area contributed by atoms with Crippen LogP contribution in [0.5, 0.6) is 0 Å². The van der Waals surface area contributed by atoms with Gasteiger partial charge in [0.1, 0.15) is 5.82 Å². The van der Waals surface area contributed by atoms with Crippen LogP contribution in [0.3, 0.4) is 0 Å². The largest absolute Gasteiger partial charge is 0.481 e. The van der Waals surface area contributed by atoms with E-state index < -0.39 is 5.97 Å². The first-order valence-corrected chi connectivity index (χ1v) is 6.11. The van der Waals surface area contributed by atoms with Crippen LogP contribution >= 0.6 is 0 Å². The van der Waals surface area contributed by atoms with E-state index in [-0.39, 0.29) is 6.42 Å². The molecule has 1 aromatic rings. The third kappa shape index (κ3) is 3.25. The average Bonchev–Trinajstić information content (AvgIpc) is 2.99. The maximum Gasteiger partial charge on any atom is 0.303 e. The van der Waals surface area contributed by atoms with Gasteiger partial charge in [0.15, 0.2) is 0 Å². The molecular formula is C13H18N2O2. The van der Waals surface area contributed by atoms with E-state index in [2.05, 4.69) is 9.97 Å². The van der Waals surface area contributed by atoms with Crippen molar-refractivity contribution in [2.45, 2.75) is 46.0 Å². The Hall–Kier alpha value is -1.45. The van der Waals surface area contributed by atoms with Crippen molar-refractivity contribution in [3.63, 3.8) is 0 Å².